The Hall–Kier alpha value is -0.810. The lowest BCUT2D eigenvalue weighted by atomic mass is 10.3. The fraction of sp³-hybridized carbons (Fsp3) is 0.556. The summed E-state index contributed by atoms with van der Waals surface area (Å²) in [5.41, 5.74) is 1.23. The van der Waals surface area contributed by atoms with Crippen LogP contribution in [0, 0.1) is 0 Å². The standard InChI is InChI=1S/C9H15NO3S/c1-2-9-4-6-10(8-9)5-3-7-14(11,12)13/h4,6,8H,2-3,5,7H2,1H3,(H,11,12,13). The average molecular weight is 217 g/mol. The van der Waals surface area contributed by atoms with E-state index in [0.29, 0.717) is 13.0 Å². The van der Waals surface area contributed by atoms with Crippen molar-refractivity contribution in [1.29, 1.82) is 0 Å². The molecule has 80 valence electrons. The predicted octanol–water partition coefficient (Wildman–Crippen LogP) is 1.33. The van der Waals surface area contributed by atoms with Crippen LogP contribution in [0.25, 0.3) is 0 Å². The maximum atomic E-state index is 10.4. The van der Waals surface area contributed by atoms with Crippen LogP contribution in [0.2, 0.25) is 0 Å². The molecule has 0 amide bonds. The summed E-state index contributed by atoms with van der Waals surface area (Å²) in [5.74, 6) is -0.174. The van der Waals surface area contributed by atoms with E-state index in [0.717, 1.165) is 6.42 Å². The highest BCUT2D eigenvalue weighted by Gasteiger charge is 2.03. The molecule has 1 heterocycles. The number of aromatic nitrogens is 1. The second-order valence-corrected chi connectivity index (χ2v) is 4.82. The number of aryl methyl sites for hydroxylation is 2. The van der Waals surface area contributed by atoms with Gasteiger partial charge in [0.05, 0.1) is 5.75 Å². The van der Waals surface area contributed by atoms with Gasteiger partial charge in [0, 0.05) is 18.9 Å². The lowest BCUT2D eigenvalue weighted by Crippen LogP contribution is -2.07. The van der Waals surface area contributed by atoms with Gasteiger partial charge in [-0.15, -0.1) is 0 Å². The van der Waals surface area contributed by atoms with Crippen LogP contribution in [0.5, 0.6) is 0 Å². The fourth-order valence-electron chi connectivity index (χ4n) is 1.27. The highest BCUT2D eigenvalue weighted by atomic mass is 32.2. The molecule has 1 N–H and O–H groups in total. The van der Waals surface area contributed by atoms with E-state index in [9.17, 15) is 8.42 Å². The van der Waals surface area contributed by atoms with Gasteiger partial charge in [-0.1, -0.05) is 6.92 Å². The molecule has 0 aromatic carbocycles. The zero-order valence-corrected chi connectivity index (χ0v) is 9.00. The van der Waals surface area contributed by atoms with Crippen LogP contribution in [-0.2, 0) is 23.1 Å². The monoisotopic (exact) mass is 217 g/mol. The van der Waals surface area contributed by atoms with E-state index in [1.165, 1.54) is 5.56 Å². The molecule has 5 heteroatoms. The smallest absolute Gasteiger partial charge is 0.264 e. The van der Waals surface area contributed by atoms with Crippen molar-refractivity contribution in [3.63, 3.8) is 0 Å². The number of rotatable bonds is 5. The van der Waals surface area contributed by atoms with E-state index in [1.54, 1.807) is 0 Å². The molecule has 0 aliphatic heterocycles. The van der Waals surface area contributed by atoms with Crippen LogP contribution in [0.1, 0.15) is 18.9 Å². The van der Waals surface area contributed by atoms with Gasteiger partial charge in [-0.2, -0.15) is 8.42 Å². The molecule has 0 unspecified atom stereocenters. The fourth-order valence-corrected chi connectivity index (χ4v) is 1.76. The minimum Gasteiger partial charge on any atom is -0.354 e. The first kappa shape index (κ1) is 11.3. The summed E-state index contributed by atoms with van der Waals surface area (Å²) >= 11 is 0. The first-order valence-electron chi connectivity index (χ1n) is 4.61. The quantitative estimate of drug-likeness (QED) is 0.757. The van der Waals surface area contributed by atoms with Gasteiger partial charge in [0.2, 0.25) is 0 Å². The van der Waals surface area contributed by atoms with Gasteiger partial charge in [0.1, 0.15) is 0 Å². The van der Waals surface area contributed by atoms with Crippen molar-refractivity contribution in [2.45, 2.75) is 26.3 Å². The van der Waals surface area contributed by atoms with Crippen molar-refractivity contribution in [2.24, 2.45) is 0 Å². The van der Waals surface area contributed by atoms with Crippen molar-refractivity contribution in [3.8, 4) is 0 Å². The van der Waals surface area contributed by atoms with Gasteiger partial charge in [-0.05, 0) is 24.5 Å². The molecule has 0 saturated carbocycles. The van der Waals surface area contributed by atoms with E-state index < -0.39 is 10.1 Å². The average Bonchev–Trinajstić information content (AvgIpc) is 2.50. The van der Waals surface area contributed by atoms with E-state index in [2.05, 4.69) is 6.92 Å². The SMILES string of the molecule is CCc1ccn(CCCS(=O)(=O)O)c1. The Morgan fingerprint density at radius 2 is 2.21 bits per heavy atom. The maximum Gasteiger partial charge on any atom is 0.264 e. The Bertz CT molecular complexity index is 381. The van der Waals surface area contributed by atoms with Crippen molar-refractivity contribution >= 4 is 10.1 Å². The zero-order chi connectivity index (χ0) is 10.6. The molecular weight excluding hydrogens is 202 g/mol. The maximum absolute atomic E-state index is 10.4. The topological polar surface area (TPSA) is 59.3 Å². The molecule has 0 saturated heterocycles. The molecule has 1 aromatic heterocycles. The number of hydrogen-bond acceptors (Lipinski definition) is 2. The third-order valence-electron chi connectivity index (χ3n) is 2.04. The first-order chi connectivity index (χ1) is 6.51. The molecule has 14 heavy (non-hydrogen) atoms. The van der Waals surface area contributed by atoms with Crippen LogP contribution in [0.3, 0.4) is 0 Å². The molecule has 0 aliphatic rings. The second-order valence-electron chi connectivity index (χ2n) is 3.25. The molecule has 1 aromatic rings. The molecule has 0 aliphatic carbocycles. The summed E-state index contributed by atoms with van der Waals surface area (Å²) in [4.78, 5) is 0. The Morgan fingerprint density at radius 1 is 1.50 bits per heavy atom. The summed E-state index contributed by atoms with van der Waals surface area (Å²) in [6, 6.07) is 2.01. The first-order valence-corrected chi connectivity index (χ1v) is 6.22. The minimum atomic E-state index is -3.81. The van der Waals surface area contributed by atoms with Gasteiger partial charge in [0.25, 0.3) is 10.1 Å². The summed E-state index contributed by atoms with van der Waals surface area (Å²) in [7, 11) is -3.81. The van der Waals surface area contributed by atoms with E-state index in [4.69, 9.17) is 4.55 Å². The summed E-state index contributed by atoms with van der Waals surface area (Å²) in [6.45, 7) is 2.69. The molecule has 0 spiro atoms. The third kappa shape index (κ3) is 3.93. The van der Waals surface area contributed by atoms with Crippen molar-refractivity contribution < 1.29 is 13.0 Å². The normalized spacial score (nSPS) is 11.9. The van der Waals surface area contributed by atoms with E-state index >= 15 is 0 Å². The molecule has 0 bridgehead atoms. The van der Waals surface area contributed by atoms with Gasteiger partial charge in [-0.3, -0.25) is 4.55 Å². The van der Waals surface area contributed by atoms with Crippen LogP contribution in [0.4, 0.5) is 0 Å². The minimum absolute atomic E-state index is 0.174. The molecule has 1 rings (SSSR count). The molecule has 0 radical (unpaired) electrons. The summed E-state index contributed by atoms with van der Waals surface area (Å²) in [6.07, 6.45) is 5.33. The number of nitrogens with zero attached hydrogens (tertiary/aromatic N) is 1. The predicted molar refractivity (Wildman–Crippen MR) is 54.8 cm³/mol. The molecule has 0 atom stereocenters. The van der Waals surface area contributed by atoms with Gasteiger partial charge in [-0.25, -0.2) is 0 Å². The Labute approximate surface area is 84.3 Å². The Balaban J connectivity index is 2.39. The van der Waals surface area contributed by atoms with Crippen LogP contribution in [-0.4, -0.2) is 23.3 Å². The Morgan fingerprint density at radius 3 is 2.71 bits per heavy atom. The van der Waals surface area contributed by atoms with Gasteiger partial charge >= 0.3 is 0 Å². The summed E-state index contributed by atoms with van der Waals surface area (Å²) in [5, 5.41) is 0. The zero-order valence-electron chi connectivity index (χ0n) is 8.18. The molecule has 0 fully saturated rings. The van der Waals surface area contributed by atoms with E-state index in [1.807, 2.05) is 23.0 Å². The van der Waals surface area contributed by atoms with Crippen LogP contribution < -0.4 is 0 Å². The van der Waals surface area contributed by atoms with Gasteiger partial charge < -0.3 is 4.57 Å². The largest absolute Gasteiger partial charge is 0.354 e. The molecule has 4 nitrogen and oxygen atoms in total. The van der Waals surface area contributed by atoms with Crippen LogP contribution in [0.15, 0.2) is 18.5 Å². The lowest BCUT2D eigenvalue weighted by Gasteiger charge is -2.00. The summed E-state index contributed by atoms with van der Waals surface area (Å²) < 4.78 is 31.3. The van der Waals surface area contributed by atoms with Gasteiger partial charge in [0.15, 0.2) is 0 Å². The van der Waals surface area contributed by atoms with Crippen molar-refractivity contribution in [2.75, 3.05) is 5.75 Å². The number of hydrogen-bond donors (Lipinski definition) is 1. The lowest BCUT2D eigenvalue weighted by molar-refractivity contribution is 0.478. The highest BCUT2D eigenvalue weighted by Crippen LogP contribution is 2.03. The third-order valence-corrected chi connectivity index (χ3v) is 2.84. The molecular formula is C9H15NO3S. The highest BCUT2D eigenvalue weighted by molar-refractivity contribution is 7.85. The second kappa shape index (κ2) is 4.61. The Kier molecular flexibility index (Phi) is 3.71. The van der Waals surface area contributed by atoms with Crippen molar-refractivity contribution in [1.82, 2.24) is 4.57 Å². The van der Waals surface area contributed by atoms with Crippen LogP contribution >= 0.6 is 0 Å². The van der Waals surface area contributed by atoms with E-state index in [-0.39, 0.29) is 5.75 Å². The van der Waals surface area contributed by atoms with Crippen molar-refractivity contribution in [3.05, 3.63) is 24.0 Å².